The van der Waals surface area contributed by atoms with Crippen molar-refractivity contribution in [2.45, 2.75) is 184 Å². The van der Waals surface area contributed by atoms with Crippen molar-refractivity contribution in [2.24, 2.45) is 46.1 Å². The molecule has 0 aliphatic rings. The Hall–Kier alpha value is -10.4. The number of hydrogen-bond acceptors (Lipinski definition) is 17. The average Bonchev–Trinajstić information content (AvgIpc) is 0.824. The van der Waals surface area contributed by atoms with E-state index >= 15 is 0 Å². The highest BCUT2D eigenvalue weighted by molar-refractivity contribution is 6.01. The van der Waals surface area contributed by atoms with Crippen molar-refractivity contribution in [3.8, 4) is 0 Å². The average molecular weight is 1430 g/mol. The molecular weight excluding hydrogens is 1320 g/mol. The predicted molar refractivity (Wildman–Crippen MR) is 389 cm³/mol. The van der Waals surface area contributed by atoms with Crippen LogP contribution >= 0.6 is 0 Å². The zero-order valence-corrected chi connectivity index (χ0v) is 58.8. The standard InChI is InChI=1S/C73H103N17O13/c1-43(2)37-56(86-65(95)52(77)29-11-14-34-74)69(99)87-57(38-45-19-5-4-6-20-45)70(100)90-60(41-62(79)92)73(103)89-59(40-49-26-18-24-47-22-8-10-28-51(47)49)72(102)85-55(32-33-61(78)91)67(97)82-44(3)64(94)83-54(31-13-16-36-76)68(98)88-58(39-48-25-17-23-46-21-7-9-27-50(46)48)71(101)84-53(30-12-15-35-75)66(96)81-42-63(80)93/h4-10,17-28,43-44,52-60H,11-16,29-42,74-77H2,1-3H3,(H2,78,91)(H2,79,92)(H2,80,93)(H,81,96)(H,82,97)(H,83,94)(H,84,101)(H,85,102)(H,86,95)(H,87,99)(H,88,98)(H,89,103)(H,90,100)/t44-,52+,53+,54-,55-,56+,57-,58-,59-,60-/m0/s1. The van der Waals surface area contributed by atoms with Crippen LogP contribution in [0.5, 0.6) is 0 Å². The molecule has 0 aromatic heterocycles. The summed E-state index contributed by atoms with van der Waals surface area (Å²) >= 11 is 0. The lowest BCUT2D eigenvalue weighted by Crippen LogP contribution is -2.61. The SMILES string of the molecule is CC(C)C[C@@H](NC(=O)[C@H](N)CCCCN)C(=O)N[C@@H](Cc1ccccc1)C(=O)N[C@@H](CC(N)=O)C(=O)N[C@@H](Cc1cccc2ccccc12)C(=O)N[C@@H](CCC(N)=O)C(=O)N[C@@H](C)C(=O)N[C@@H](CCCCN)C(=O)N[C@@H](Cc1cccc2ccccc12)C(=O)N[C@H](CCCCN)C(=O)NCC(N)=O. The summed E-state index contributed by atoms with van der Waals surface area (Å²) in [7, 11) is 0. The van der Waals surface area contributed by atoms with Crippen LogP contribution in [0.2, 0.25) is 0 Å². The molecule has 0 spiro atoms. The number of unbranched alkanes of at least 4 members (excludes halogenated alkanes) is 3. The number of carbonyl (C=O) groups is 13. The molecule has 5 rings (SSSR count). The van der Waals surface area contributed by atoms with Gasteiger partial charge in [0.25, 0.3) is 0 Å². The first-order valence-corrected chi connectivity index (χ1v) is 34.9. The van der Waals surface area contributed by atoms with E-state index in [0.717, 1.165) is 16.2 Å². The fraction of sp³-hybridized carbons (Fsp3) is 0.466. The van der Waals surface area contributed by atoms with E-state index in [2.05, 4.69) is 53.2 Å². The zero-order chi connectivity index (χ0) is 75.5. The van der Waals surface area contributed by atoms with E-state index < -0.39 is 163 Å². The highest BCUT2D eigenvalue weighted by atomic mass is 16.2. The van der Waals surface area contributed by atoms with Crippen molar-refractivity contribution in [1.29, 1.82) is 0 Å². The first-order valence-electron chi connectivity index (χ1n) is 34.9. The van der Waals surface area contributed by atoms with E-state index in [1.54, 1.807) is 72.8 Å². The number of carbonyl (C=O) groups excluding carboxylic acids is 13. The van der Waals surface area contributed by atoms with Crippen molar-refractivity contribution in [2.75, 3.05) is 26.2 Å². The molecule has 0 aliphatic carbocycles. The van der Waals surface area contributed by atoms with Gasteiger partial charge in [-0.25, -0.2) is 0 Å². The Bertz CT molecular complexity index is 3700. The quantitative estimate of drug-likeness (QED) is 0.0206. The van der Waals surface area contributed by atoms with Gasteiger partial charge < -0.3 is 93.3 Å². The van der Waals surface area contributed by atoms with E-state index in [1.165, 1.54) is 6.92 Å². The fourth-order valence-electron chi connectivity index (χ4n) is 11.6. The molecule has 0 saturated heterocycles. The molecule has 0 heterocycles. The number of nitrogens with one attached hydrogen (secondary N) is 10. The van der Waals surface area contributed by atoms with Crippen LogP contribution in [-0.4, -0.2) is 163 Å². The summed E-state index contributed by atoms with van der Waals surface area (Å²) in [5, 5.41) is 29.4. The van der Waals surface area contributed by atoms with Crippen LogP contribution in [-0.2, 0) is 81.6 Å². The summed E-state index contributed by atoms with van der Waals surface area (Å²) in [6.07, 6.45) is 1.06. The monoisotopic (exact) mass is 1430 g/mol. The molecule has 5 aromatic rings. The lowest BCUT2D eigenvalue weighted by Gasteiger charge is -2.28. The Morgan fingerprint density at radius 3 is 1.22 bits per heavy atom. The topological polar surface area (TPSA) is 524 Å². The summed E-state index contributed by atoms with van der Waals surface area (Å²) < 4.78 is 0. The normalized spacial score (nSPS) is 14.1. The molecule has 24 N–H and O–H groups in total. The van der Waals surface area contributed by atoms with E-state index in [-0.39, 0.29) is 51.0 Å². The molecule has 5 aromatic carbocycles. The minimum Gasteiger partial charge on any atom is -0.370 e. The molecular formula is C73H103N17O13. The number of fused-ring (bicyclic) bond motifs is 2. The third-order valence-electron chi connectivity index (χ3n) is 17.1. The van der Waals surface area contributed by atoms with Crippen LogP contribution in [0.1, 0.15) is 121 Å². The highest BCUT2D eigenvalue weighted by Crippen LogP contribution is 2.23. The Labute approximate surface area is 599 Å². The molecule has 0 unspecified atom stereocenters. The van der Waals surface area contributed by atoms with Gasteiger partial charge in [-0.3, -0.25) is 62.3 Å². The summed E-state index contributed by atoms with van der Waals surface area (Å²) in [4.78, 5) is 180. The third-order valence-corrected chi connectivity index (χ3v) is 17.1. The van der Waals surface area contributed by atoms with Crippen LogP contribution in [0.25, 0.3) is 21.5 Å². The number of amides is 13. The maximum atomic E-state index is 15.0. The van der Waals surface area contributed by atoms with Crippen LogP contribution in [0, 0.1) is 5.92 Å². The maximum Gasteiger partial charge on any atom is 0.243 e. The van der Waals surface area contributed by atoms with Gasteiger partial charge in [-0.1, -0.05) is 136 Å². The molecule has 10 atom stereocenters. The minimum atomic E-state index is -1.81. The summed E-state index contributed by atoms with van der Waals surface area (Å²) in [6.45, 7) is 5.35. The van der Waals surface area contributed by atoms with Gasteiger partial charge in [0, 0.05) is 25.7 Å². The molecule has 30 nitrogen and oxygen atoms in total. The third kappa shape index (κ3) is 28.5. The fourth-order valence-corrected chi connectivity index (χ4v) is 11.6. The van der Waals surface area contributed by atoms with Gasteiger partial charge in [0.05, 0.1) is 19.0 Å². The summed E-state index contributed by atoms with van der Waals surface area (Å²) in [5.74, 6) is -11.6. The maximum absolute atomic E-state index is 15.0. The highest BCUT2D eigenvalue weighted by Gasteiger charge is 2.37. The number of hydrogen-bond donors (Lipinski definition) is 17. The van der Waals surface area contributed by atoms with Crippen LogP contribution in [0.4, 0.5) is 0 Å². The van der Waals surface area contributed by atoms with Crippen molar-refractivity contribution < 1.29 is 62.3 Å². The molecule has 0 aliphatic heterocycles. The molecule has 0 fully saturated rings. The van der Waals surface area contributed by atoms with Crippen LogP contribution in [0.3, 0.4) is 0 Å². The van der Waals surface area contributed by atoms with Crippen LogP contribution < -0.4 is 93.3 Å². The van der Waals surface area contributed by atoms with Gasteiger partial charge in [0.1, 0.15) is 54.4 Å². The predicted octanol–water partition coefficient (Wildman–Crippen LogP) is -1.09. The van der Waals surface area contributed by atoms with Gasteiger partial charge in [0.15, 0.2) is 0 Å². The van der Waals surface area contributed by atoms with E-state index in [4.69, 9.17) is 40.1 Å². The van der Waals surface area contributed by atoms with Gasteiger partial charge in [-0.2, -0.15) is 0 Å². The molecule has 558 valence electrons. The smallest absolute Gasteiger partial charge is 0.243 e. The lowest BCUT2D eigenvalue weighted by atomic mass is 9.97. The molecule has 0 radical (unpaired) electrons. The lowest BCUT2D eigenvalue weighted by molar-refractivity contribution is -0.136. The second kappa shape index (κ2) is 43.4. The molecule has 103 heavy (non-hydrogen) atoms. The largest absolute Gasteiger partial charge is 0.370 e. The molecule has 0 saturated carbocycles. The second-order valence-electron chi connectivity index (χ2n) is 26.0. The van der Waals surface area contributed by atoms with Crippen molar-refractivity contribution in [3.63, 3.8) is 0 Å². The van der Waals surface area contributed by atoms with Crippen molar-refractivity contribution in [1.82, 2.24) is 53.2 Å². The minimum absolute atomic E-state index is 0.0162. The summed E-state index contributed by atoms with van der Waals surface area (Å²) in [5.41, 5.74) is 41.8. The summed E-state index contributed by atoms with van der Waals surface area (Å²) in [6, 6.07) is 19.6. The molecule has 13 amide bonds. The Morgan fingerprint density at radius 1 is 0.350 bits per heavy atom. The van der Waals surface area contributed by atoms with E-state index in [9.17, 15) is 62.3 Å². The Balaban J connectivity index is 1.43. The molecule has 0 bridgehead atoms. The number of benzene rings is 5. The number of nitrogens with two attached hydrogens (primary N) is 7. The first kappa shape index (κ1) is 83.2. The Morgan fingerprint density at radius 2 is 0.738 bits per heavy atom. The van der Waals surface area contributed by atoms with Crippen LogP contribution in [0.15, 0.2) is 115 Å². The zero-order valence-electron chi connectivity index (χ0n) is 58.8. The van der Waals surface area contributed by atoms with Gasteiger partial charge in [-0.05, 0) is 135 Å². The van der Waals surface area contributed by atoms with Crippen molar-refractivity contribution >= 4 is 98.3 Å². The van der Waals surface area contributed by atoms with Crippen molar-refractivity contribution in [3.05, 3.63) is 132 Å². The van der Waals surface area contributed by atoms with Gasteiger partial charge in [0.2, 0.25) is 76.8 Å². The van der Waals surface area contributed by atoms with E-state index in [1.807, 2.05) is 56.3 Å². The van der Waals surface area contributed by atoms with Gasteiger partial charge >= 0.3 is 0 Å². The number of rotatable bonds is 46. The van der Waals surface area contributed by atoms with Gasteiger partial charge in [-0.15, -0.1) is 0 Å². The first-order chi connectivity index (χ1) is 49.2. The Kier molecular flexibility index (Phi) is 35.1. The van der Waals surface area contributed by atoms with E-state index in [0.29, 0.717) is 80.1 Å². The molecule has 30 heteroatoms. The number of primary amides is 3. The second-order valence-corrected chi connectivity index (χ2v) is 26.0.